The Kier molecular flexibility index (Phi) is 45.7. The molecule has 134 heavy (non-hydrogen) atoms. The minimum atomic E-state index is -1.06. The summed E-state index contributed by atoms with van der Waals surface area (Å²) in [6.07, 6.45) is 27.2. The number of aromatic nitrogens is 12. The summed E-state index contributed by atoms with van der Waals surface area (Å²) in [5.74, 6) is 5.20. The zero-order chi connectivity index (χ0) is 96.8. The summed E-state index contributed by atoms with van der Waals surface area (Å²) < 4.78 is 31.3. The third kappa shape index (κ3) is 41.2. The van der Waals surface area contributed by atoms with Crippen molar-refractivity contribution in [2.45, 2.75) is 218 Å². The molecule has 2 aromatic carbocycles. The molecule has 8 aliphatic heterocycles. The molecule has 0 atom stereocenters. The Morgan fingerprint density at radius 1 is 0.418 bits per heavy atom. The van der Waals surface area contributed by atoms with Crippen molar-refractivity contribution in [2.75, 3.05) is 162 Å². The minimum Gasteiger partial charge on any atom is -0.445 e. The number of anilines is 6. The number of thioether (sulfide) groups is 1. The van der Waals surface area contributed by atoms with Gasteiger partial charge in [0.15, 0.2) is 9.93 Å². The van der Waals surface area contributed by atoms with Gasteiger partial charge in [0.05, 0.1) is 0 Å². The summed E-state index contributed by atoms with van der Waals surface area (Å²) in [4.78, 5) is 154. The summed E-state index contributed by atoms with van der Waals surface area (Å²) in [7, 11) is 5.50. The van der Waals surface area contributed by atoms with Crippen LogP contribution in [-0.4, -0.2) is 272 Å². The number of hydrogen-bond donors (Lipinski definition) is 6. The quantitative estimate of drug-likeness (QED) is 0.0112. The molecule has 8 aliphatic rings. The second-order valence-corrected chi connectivity index (χ2v) is 37.7. The van der Waals surface area contributed by atoms with Gasteiger partial charge in [0, 0.05) is 173 Å². The smallest absolute Gasteiger partial charge is 0.445 e. The Labute approximate surface area is 804 Å². The highest BCUT2D eigenvalue weighted by molar-refractivity contribution is 9.10. The number of aromatic amines is 4. The van der Waals surface area contributed by atoms with E-state index >= 15 is 0 Å². The fourth-order valence-corrected chi connectivity index (χ4v) is 15.5. The number of carbonyl (C=O) groups is 5. The maximum absolute atomic E-state index is 12.4. The van der Waals surface area contributed by atoms with Gasteiger partial charge >= 0.3 is 30.6 Å². The molecule has 0 aliphatic carbocycles. The molecular weight excluding hydrogens is 1820 g/mol. The maximum atomic E-state index is 12.4. The van der Waals surface area contributed by atoms with Gasteiger partial charge in [0.1, 0.15) is 46.3 Å². The van der Waals surface area contributed by atoms with Gasteiger partial charge in [-0.25, -0.2) is 53.9 Å². The molecule has 6 N–H and O–H groups in total. The van der Waals surface area contributed by atoms with Crippen LogP contribution in [-0.2, 0) is 41.6 Å². The van der Waals surface area contributed by atoms with Crippen LogP contribution in [0.3, 0.4) is 0 Å². The molecule has 40 heteroatoms. The molecule has 0 radical (unpaired) electrons. The molecule has 732 valence electrons. The molecule has 8 saturated heterocycles. The molecule has 0 bridgehead atoms. The number of piperidine rings is 3. The van der Waals surface area contributed by atoms with Crippen molar-refractivity contribution in [3.63, 3.8) is 0 Å². The topological polar surface area (TPSA) is 411 Å². The van der Waals surface area contributed by atoms with E-state index in [9.17, 15) is 38.4 Å². The number of carbonyl (C=O) groups excluding carboxylic acids is 5. The first-order valence-corrected chi connectivity index (χ1v) is 48.5. The summed E-state index contributed by atoms with van der Waals surface area (Å²) in [6, 6.07) is 30.2. The lowest BCUT2D eigenvalue weighted by molar-refractivity contribution is -0.0295. The van der Waals surface area contributed by atoms with Crippen LogP contribution >= 0.6 is 39.9 Å². The average molecular weight is 1960 g/mol. The Morgan fingerprint density at radius 2 is 0.791 bits per heavy atom. The zero-order valence-corrected chi connectivity index (χ0v) is 83.2. The Hall–Kier alpha value is -11.4. The van der Waals surface area contributed by atoms with Crippen LogP contribution in [0.1, 0.15) is 176 Å². The molecule has 3 amide bonds. The van der Waals surface area contributed by atoms with Crippen LogP contribution in [0.25, 0.3) is 0 Å². The van der Waals surface area contributed by atoms with E-state index in [1.54, 1.807) is 68.6 Å². The van der Waals surface area contributed by atoms with Crippen LogP contribution in [0.5, 0.6) is 0 Å². The Bertz CT molecular complexity index is 4980. The molecule has 37 nitrogen and oxygen atoms in total. The maximum Gasteiger partial charge on any atom is 0.519 e. The van der Waals surface area contributed by atoms with Gasteiger partial charge in [-0.05, 0) is 255 Å². The molecule has 0 saturated carbocycles. The number of H-pyrrole nitrogens is 4. The summed E-state index contributed by atoms with van der Waals surface area (Å²) in [5.41, 5.74) is -0.182. The van der Waals surface area contributed by atoms with Gasteiger partial charge in [0.25, 0.3) is 16.7 Å². The van der Waals surface area contributed by atoms with Crippen molar-refractivity contribution < 1.29 is 52.4 Å². The lowest BCUT2D eigenvalue weighted by atomic mass is 10.0. The lowest BCUT2D eigenvalue weighted by Crippen LogP contribution is -2.47. The molecule has 0 spiro atoms. The van der Waals surface area contributed by atoms with Crippen LogP contribution in [0, 0.1) is 4.77 Å². The monoisotopic (exact) mass is 1960 g/mol. The number of nitrogens with one attached hydrogen (secondary N) is 6. The van der Waals surface area contributed by atoms with Gasteiger partial charge in [-0.2, -0.15) is 9.97 Å². The fourth-order valence-electron chi connectivity index (χ4n) is 14.7. The first-order chi connectivity index (χ1) is 64.1. The highest BCUT2D eigenvalue weighted by atomic mass is 79.9. The second kappa shape index (κ2) is 56.7. The van der Waals surface area contributed by atoms with E-state index < -0.39 is 29.1 Å². The van der Waals surface area contributed by atoms with Crippen molar-refractivity contribution >= 4 is 106 Å². The first kappa shape index (κ1) is 108. The average Bonchev–Trinajstić information content (AvgIpc) is 0.938. The number of halogens is 1. The van der Waals surface area contributed by atoms with Crippen molar-refractivity contribution in [3.05, 3.63) is 186 Å². The van der Waals surface area contributed by atoms with Crippen LogP contribution < -0.4 is 56.7 Å². The van der Waals surface area contributed by atoms with E-state index in [1.807, 2.05) is 139 Å². The van der Waals surface area contributed by atoms with Gasteiger partial charge in [0.2, 0.25) is 23.8 Å². The number of benzene rings is 2. The van der Waals surface area contributed by atoms with Crippen LogP contribution in [0.15, 0.2) is 158 Å². The summed E-state index contributed by atoms with van der Waals surface area (Å²) in [5, 5.41) is 7.16. The fraction of sp³-hybridized carbons (Fsp3) is 0.564. The molecule has 14 heterocycles. The van der Waals surface area contributed by atoms with Gasteiger partial charge in [-0.3, -0.25) is 24.4 Å². The number of nitrogens with zero attached hydrogens (tertiary/aromatic N) is 17. The van der Waals surface area contributed by atoms with Crippen molar-refractivity contribution in [3.8, 4) is 0 Å². The standard InChI is InChI=1S/C22H29N5O2.C19H31N5O2.C14H20N2O2.C10H18O5.C8H10BrN3.C8H11N3O.C5H6N2OS.C4H4N2OS.C4H9N/c1-25(22(28)29-17-18-7-3-2-4-8-18)19-10-15-26(16-11-19)20-9-12-23-21(24-20)27-13-5-6-14-27;1-19(2,3)26-18(25)22(4)15-8-13-23(14-9-15)16-7-10-20-17(21-16)24-11-5-6-12-24;1-16(13-7-9-15-10-8-13)14(17)18-11-12-5-3-2-4-6-12;1-9(2,3)14-7(11)13-8(12)15-10(4,5)6;9-7-3-4-10-8(11-7)12-5-1-2-6-12;12-7-3-4-9-8(10-7)11-5-1-2-6-11;1-9-5-6-3-2-4(8)7-5;7-3-1-2-5-4(8)6-3;1-2-4-5-3-1/h2-4,7-9,12,19H,5-6,10-11,13-17H2,1H3;7,10,15H,5-6,8-9,11-14H2,1-4H3;2-6,13,15H,7-11H2,1H3;1-6H3;3-4H,1-2,5-6H2;3-4H,1-2,5-6H2,(H,9,10,12);2-3H,1H3,(H,6,7,8);1-2H,(H2,5,6,7,8);5H,1-4H2. The molecule has 16 rings (SSSR count). The summed E-state index contributed by atoms with van der Waals surface area (Å²) >= 11 is 9.34. The molecule has 8 fully saturated rings. The lowest BCUT2D eigenvalue weighted by Gasteiger charge is -2.37. The predicted molar refractivity (Wildman–Crippen MR) is 528 cm³/mol. The SMILES string of the molecule is Brc1ccnc(N2CCCC2)n1.C1CCNC1.CC(C)(C)OC(=O)OC(=O)OC(C)(C)C.CN(C(=O)OC(C)(C)C)C1CCN(c2ccnc(N3CCCC3)n2)CC1.CN(C(=O)OCc1ccccc1)C1CCN(c2ccnc(N3CCCC3)n2)CC1.CN(C(=O)OCc1ccccc1)C1CCNCC1.CSc1nccc(=O)[nH]1.O=c1cc[nH]c(=S)[nH]1.O=c1ccnc(N2CCCC2)[nH]1. The van der Waals surface area contributed by atoms with Crippen molar-refractivity contribution in [1.82, 2.24) is 85.1 Å². The summed E-state index contributed by atoms with van der Waals surface area (Å²) in [6.45, 7) is 32.7. The normalized spacial score (nSPS) is 16.0. The zero-order valence-electron chi connectivity index (χ0n) is 80.0. The predicted octanol–water partition coefficient (Wildman–Crippen LogP) is 14.6. The first-order valence-electron chi connectivity index (χ1n) is 46.1. The van der Waals surface area contributed by atoms with E-state index in [1.165, 1.54) is 120 Å². The third-order valence-corrected chi connectivity index (χ3v) is 23.0. The van der Waals surface area contributed by atoms with Gasteiger partial charge in [-0.15, -0.1) is 0 Å². The van der Waals surface area contributed by atoms with Crippen molar-refractivity contribution in [1.29, 1.82) is 0 Å². The largest absolute Gasteiger partial charge is 0.519 e. The van der Waals surface area contributed by atoms with Gasteiger partial charge < -0.3 is 93.1 Å². The number of ether oxygens (including phenoxy) is 6. The molecule has 0 unspecified atom stereocenters. The van der Waals surface area contributed by atoms with E-state index in [0.29, 0.717) is 35.1 Å². The number of hydrogen-bond acceptors (Lipinski definition) is 32. The van der Waals surface area contributed by atoms with Gasteiger partial charge in [-0.1, -0.05) is 72.4 Å². The Morgan fingerprint density at radius 3 is 1.16 bits per heavy atom. The van der Waals surface area contributed by atoms with E-state index in [0.717, 1.165) is 175 Å². The molecule has 6 aromatic heterocycles. The second-order valence-electron chi connectivity index (χ2n) is 35.7. The molecule has 8 aromatic rings. The van der Waals surface area contributed by atoms with Crippen LogP contribution in [0.4, 0.5) is 59.4 Å². The minimum absolute atomic E-state index is 0.0769. The number of amides is 3. The van der Waals surface area contributed by atoms with E-state index in [2.05, 4.69) is 123 Å². The molecular formula is C94H138BrN23O14S2. The van der Waals surface area contributed by atoms with Crippen molar-refractivity contribution in [2.24, 2.45) is 0 Å². The van der Waals surface area contributed by atoms with E-state index in [-0.39, 0.29) is 47.0 Å². The van der Waals surface area contributed by atoms with Crippen LogP contribution in [0.2, 0.25) is 0 Å². The highest BCUT2D eigenvalue weighted by Gasteiger charge is 2.32. The van der Waals surface area contributed by atoms with E-state index in [4.69, 9.17) is 33.7 Å². The third-order valence-electron chi connectivity index (χ3n) is 21.7. The highest BCUT2D eigenvalue weighted by Crippen LogP contribution is 2.28. The Balaban J connectivity index is 0.000000193. The number of rotatable bonds is 14.